The standard InChI is InChI=1S/C24H16O2/c25-23(17-15-19-9-3-1-4-10-19)21-13-7-8-14-22(21)24(26)18-16-20-11-5-2-6-12-20/h1-14,23,25H. The van der Waals surface area contributed by atoms with Gasteiger partial charge in [-0.25, -0.2) is 0 Å². The molecular weight excluding hydrogens is 320 g/mol. The zero-order valence-corrected chi connectivity index (χ0v) is 14.0. The number of ketones is 1. The zero-order valence-electron chi connectivity index (χ0n) is 14.0. The largest absolute Gasteiger partial charge is 0.376 e. The van der Waals surface area contributed by atoms with Crippen LogP contribution in [0.3, 0.4) is 0 Å². The molecule has 1 unspecified atom stereocenters. The highest BCUT2D eigenvalue weighted by atomic mass is 16.3. The Balaban J connectivity index is 1.85. The number of benzene rings is 3. The molecule has 3 rings (SSSR count). The molecule has 0 aromatic heterocycles. The fraction of sp³-hybridized carbons (Fsp3) is 0.0417. The highest BCUT2D eigenvalue weighted by Gasteiger charge is 2.14. The molecule has 0 amide bonds. The molecule has 3 aromatic carbocycles. The first-order valence-electron chi connectivity index (χ1n) is 8.19. The van der Waals surface area contributed by atoms with Gasteiger partial charge >= 0.3 is 0 Å². The molecule has 0 aliphatic carbocycles. The molecule has 0 saturated heterocycles. The predicted octanol–water partition coefficient (Wildman–Crippen LogP) is 4.01. The Labute approximate surface area is 153 Å². The highest BCUT2D eigenvalue weighted by molar-refractivity contribution is 6.10. The Hall–Kier alpha value is -3.59. The van der Waals surface area contributed by atoms with Crippen molar-refractivity contribution in [2.24, 2.45) is 0 Å². The molecule has 2 heteroatoms. The Morgan fingerprint density at radius 3 is 1.92 bits per heavy atom. The van der Waals surface area contributed by atoms with Crippen molar-refractivity contribution in [1.29, 1.82) is 0 Å². The molecular formula is C24H16O2. The fourth-order valence-corrected chi connectivity index (χ4v) is 2.41. The average molecular weight is 336 g/mol. The van der Waals surface area contributed by atoms with Crippen LogP contribution in [-0.2, 0) is 0 Å². The minimum absolute atomic E-state index is 0.343. The van der Waals surface area contributed by atoms with Crippen LogP contribution in [0.2, 0.25) is 0 Å². The Morgan fingerprint density at radius 1 is 0.731 bits per heavy atom. The summed E-state index contributed by atoms with van der Waals surface area (Å²) in [6, 6.07) is 25.6. The van der Waals surface area contributed by atoms with E-state index >= 15 is 0 Å². The maximum Gasteiger partial charge on any atom is 0.236 e. The van der Waals surface area contributed by atoms with E-state index in [4.69, 9.17) is 0 Å². The van der Waals surface area contributed by atoms with Crippen LogP contribution in [0.4, 0.5) is 0 Å². The van der Waals surface area contributed by atoms with Crippen molar-refractivity contribution in [2.75, 3.05) is 0 Å². The molecule has 0 heterocycles. The maximum absolute atomic E-state index is 12.5. The molecule has 0 saturated carbocycles. The number of Topliss-reactive ketones (excluding diaryl/α,β-unsaturated/α-hetero) is 1. The second-order valence-electron chi connectivity index (χ2n) is 5.57. The molecule has 1 N–H and O–H groups in total. The zero-order chi connectivity index (χ0) is 18.2. The lowest BCUT2D eigenvalue weighted by atomic mass is 9.99. The summed E-state index contributed by atoms with van der Waals surface area (Å²) in [7, 11) is 0. The summed E-state index contributed by atoms with van der Waals surface area (Å²) in [6.45, 7) is 0. The van der Waals surface area contributed by atoms with E-state index in [1.165, 1.54) is 0 Å². The van der Waals surface area contributed by atoms with Gasteiger partial charge in [-0.15, -0.1) is 0 Å². The monoisotopic (exact) mass is 336 g/mol. The van der Waals surface area contributed by atoms with Gasteiger partial charge in [0.15, 0.2) is 0 Å². The van der Waals surface area contributed by atoms with Crippen molar-refractivity contribution in [3.05, 3.63) is 107 Å². The maximum atomic E-state index is 12.5. The van der Waals surface area contributed by atoms with Crippen LogP contribution in [-0.4, -0.2) is 10.9 Å². The molecule has 0 fully saturated rings. The Morgan fingerprint density at radius 2 is 1.27 bits per heavy atom. The van der Waals surface area contributed by atoms with Crippen LogP contribution >= 0.6 is 0 Å². The second-order valence-corrected chi connectivity index (χ2v) is 5.57. The summed E-state index contributed by atoms with van der Waals surface area (Å²) in [5.74, 6) is 10.9. The summed E-state index contributed by atoms with van der Waals surface area (Å²) in [5.41, 5.74) is 2.40. The molecule has 124 valence electrons. The van der Waals surface area contributed by atoms with E-state index in [1.807, 2.05) is 60.7 Å². The lowest BCUT2D eigenvalue weighted by Gasteiger charge is -2.08. The predicted molar refractivity (Wildman–Crippen MR) is 102 cm³/mol. The smallest absolute Gasteiger partial charge is 0.236 e. The van der Waals surface area contributed by atoms with Crippen molar-refractivity contribution in [3.63, 3.8) is 0 Å². The van der Waals surface area contributed by atoms with Crippen LogP contribution in [0.1, 0.15) is 33.2 Å². The van der Waals surface area contributed by atoms with E-state index in [0.717, 1.165) is 11.1 Å². The van der Waals surface area contributed by atoms with Gasteiger partial charge in [0.05, 0.1) is 0 Å². The summed E-state index contributed by atoms with van der Waals surface area (Å²) < 4.78 is 0. The van der Waals surface area contributed by atoms with Gasteiger partial charge in [-0.3, -0.25) is 4.79 Å². The van der Waals surface area contributed by atoms with Crippen LogP contribution in [0.15, 0.2) is 84.9 Å². The summed E-state index contributed by atoms with van der Waals surface area (Å²) in [6.07, 6.45) is -1.06. The first kappa shape index (κ1) is 17.2. The molecule has 0 bridgehead atoms. The summed E-state index contributed by atoms with van der Waals surface area (Å²) in [4.78, 5) is 12.5. The molecule has 0 aliphatic rings. The lowest BCUT2D eigenvalue weighted by molar-refractivity contribution is 0.105. The van der Waals surface area contributed by atoms with Crippen molar-refractivity contribution >= 4 is 5.78 Å². The Bertz CT molecular complexity index is 1010. The highest BCUT2D eigenvalue weighted by Crippen LogP contribution is 2.18. The topological polar surface area (TPSA) is 37.3 Å². The third-order valence-electron chi connectivity index (χ3n) is 3.72. The van der Waals surface area contributed by atoms with Crippen molar-refractivity contribution in [1.82, 2.24) is 0 Å². The number of aliphatic hydroxyl groups excluding tert-OH is 1. The lowest BCUT2D eigenvalue weighted by Crippen LogP contribution is -2.05. The molecule has 0 radical (unpaired) electrons. The van der Waals surface area contributed by atoms with E-state index in [0.29, 0.717) is 11.1 Å². The van der Waals surface area contributed by atoms with Gasteiger partial charge in [0.1, 0.15) is 6.10 Å². The number of rotatable bonds is 2. The molecule has 0 spiro atoms. The molecule has 26 heavy (non-hydrogen) atoms. The van der Waals surface area contributed by atoms with Gasteiger partial charge < -0.3 is 5.11 Å². The molecule has 2 nitrogen and oxygen atoms in total. The van der Waals surface area contributed by atoms with Gasteiger partial charge in [0, 0.05) is 22.3 Å². The van der Waals surface area contributed by atoms with Crippen LogP contribution < -0.4 is 0 Å². The molecule has 1 atom stereocenters. The van der Waals surface area contributed by atoms with Gasteiger partial charge in [0.2, 0.25) is 5.78 Å². The summed E-state index contributed by atoms with van der Waals surface area (Å²) in [5, 5.41) is 10.4. The Kier molecular flexibility index (Phi) is 5.63. The first-order valence-corrected chi connectivity index (χ1v) is 8.19. The number of hydrogen-bond donors (Lipinski definition) is 1. The van der Waals surface area contributed by atoms with Gasteiger partial charge in [-0.1, -0.05) is 72.4 Å². The van der Waals surface area contributed by atoms with Crippen LogP contribution in [0.25, 0.3) is 0 Å². The van der Waals surface area contributed by atoms with Crippen LogP contribution in [0, 0.1) is 23.7 Å². The molecule has 3 aromatic rings. The number of aliphatic hydroxyl groups is 1. The van der Waals surface area contributed by atoms with E-state index in [1.54, 1.807) is 24.3 Å². The first-order chi connectivity index (χ1) is 12.7. The quantitative estimate of drug-likeness (QED) is 0.567. The second kappa shape index (κ2) is 8.49. The SMILES string of the molecule is O=C(C#Cc1ccccc1)c1ccccc1C(O)C#Cc1ccccc1. The van der Waals surface area contributed by atoms with E-state index < -0.39 is 6.10 Å². The van der Waals surface area contributed by atoms with Crippen molar-refractivity contribution < 1.29 is 9.90 Å². The number of hydrogen-bond acceptors (Lipinski definition) is 2. The molecule has 0 aliphatic heterocycles. The van der Waals surface area contributed by atoms with Crippen molar-refractivity contribution in [2.45, 2.75) is 6.10 Å². The number of carbonyl (C=O) groups excluding carboxylic acids is 1. The van der Waals surface area contributed by atoms with Gasteiger partial charge in [-0.05, 0) is 36.3 Å². The van der Waals surface area contributed by atoms with E-state index in [2.05, 4.69) is 23.7 Å². The van der Waals surface area contributed by atoms with Gasteiger partial charge in [-0.2, -0.15) is 0 Å². The minimum atomic E-state index is -1.06. The minimum Gasteiger partial charge on any atom is -0.376 e. The van der Waals surface area contributed by atoms with Gasteiger partial charge in [0.25, 0.3) is 0 Å². The third-order valence-corrected chi connectivity index (χ3v) is 3.72. The third kappa shape index (κ3) is 4.48. The van der Waals surface area contributed by atoms with Crippen molar-refractivity contribution in [3.8, 4) is 23.7 Å². The summed E-state index contributed by atoms with van der Waals surface area (Å²) >= 11 is 0. The van der Waals surface area contributed by atoms with Crippen LogP contribution in [0.5, 0.6) is 0 Å². The average Bonchev–Trinajstić information content (AvgIpc) is 2.72. The fourth-order valence-electron chi connectivity index (χ4n) is 2.41. The van der Waals surface area contributed by atoms with E-state index in [9.17, 15) is 9.90 Å². The normalized spacial score (nSPS) is 10.7. The number of carbonyl (C=O) groups is 1. The van der Waals surface area contributed by atoms with E-state index in [-0.39, 0.29) is 5.78 Å².